The minimum Gasteiger partial charge on any atom is -0.357 e. The number of carbonyl (C=O) groups excluding carboxylic acids is 1. The third kappa shape index (κ3) is 11.2. The van der Waals surface area contributed by atoms with Gasteiger partial charge in [-0.1, -0.05) is 49.9 Å². The number of aliphatic imine (C=N–C) groups is 1. The predicted molar refractivity (Wildman–Crippen MR) is 163 cm³/mol. The van der Waals surface area contributed by atoms with E-state index in [4.69, 9.17) is 0 Å². The Labute approximate surface area is 234 Å². The van der Waals surface area contributed by atoms with Crippen LogP contribution in [0.25, 0.3) is 11.1 Å². The van der Waals surface area contributed by atoms with Gasteiger partial charge in [-0.05, 0) is 87.9 Å². The number of amidine groups is 1. The summed E-state index contributed by atoms with van der Waals surface area (Å²) in [6.45, 7) is 13.7. The van der Waals surface area contributed by atoms with Crippen LogP contribution < -0.4 is 5.32 Å². The number of dihydropyridines is 1. The second-order valence-electron chi connectivity index (χ2n) is 9.36. The Kier molecular flexibility index (Phi) is 14.2. The number of aromatic nitrogens is 1. The molecule has 1 aromatic heterocycles. The number of benzene rings is 1. The molecule has 1 N–H and O–H groups in total. The van der Waals surface area contributed by atoms with Gasteiger partial charge in [-0.2, -0.15) is 0 Å². The second-order valence-corrected chi connectivity index (χ2v) is 9.36. The molecule has 1 saturated heterocycles. The van der Waals surface area contributed by atoms with Gasteiger partial charge in [0.05, 0.1) is 0 Å². The largest absolute Gasteiger partial charge is 0.357 e. The number of rotatable bonds is 5. The van der Waals surface area contributed by atoms with Gasteiger partial charge in [-0.3, -0.25) is 14.8 Å². The Balaban J connectivity index is 0.000000412. The molecule has 0 radical (unpaired) electrons. The van der Waals surface area contributed by atoms with Gasteiger partial charge in [0.25, 0.3) is 5.91 Å². The second kappa shape index (κ2) is 17.7. The number of allylic oxidation sites excluding steroid dienone is 5. The average molecular weight is 531 g/mol. The van der Waals surface area contributed by atoms with E-state index >= 15 is 0 Å². The Morgan fingerprint density at radius 1 is 1.21 bits per heavy atom. The Hall–Kier alpha value is -3.80. The van der Waals surface area contributed by atoms with Gasteiger partial charge in [-0.15, -0.1) is 0 Å². The molecule has 1 aromatic carbocycles. The lowest BCUT2D eigenvalue weighted by Gasteiger charge is -2.34. The minimum absolute atomic E-state index is 0.00140. The predicted octanol–water partition coefficient (Wildman–Crippen LogP) is 7.63. The maximum Gasteiger partial charge on any atom is 0.251 e. The number of nitrogens with one attached hydrogen (secondary N) is 1. The van der Waals surface area contributed by atoms with Crippen molar-refractivity contribution < 1.29 is 9.18 Å². The van der Waals surface area contributed by atoms with Crippen LogP contribution in [0.3, 0.4) is 0 Å². The van der Waals surface area contributed by atoms with Crippen LogP contribution in [0.4, 0.5) is 4.39 Å². The Bertz CT molecular complexity index is 1160. The first-order chi connectivity index (χ1) is 18.9. The molecular formula is C33H43FN4O. The highest BCUT2D eigenvalue weighted by molar-refractivity contribution is 5.96. The third-order valence-electron chi connectivity index (χ3n) is 6.28. The van der Waals surface area contributed by atoms with Gasteiger partial charge >= 0.3 is 0 Å². The highest BCUT2D eigenvalue weighted by atomic mass is 19.1. The Morgan fingerprint density at radius 3 is 2.49 bits per heavy atom. The van der Waals surface area contributed by atoms with Crippen molar-refractivity contribution in [2.45, 2.75) is 59.4 Å². The first kappa shape index (κ1) is 31.4. The minimum atomic E-state index is -0.391. The zero-order chi connectivity index (χ0) is 28.5. The van der Waals surface area contributed by atoms with Crippen molar-refractivity contribution >= 4 is 11.7 Å². The van der Waals surface area contributed by atoms with E-state index in [9.17, 15) is 9.18 Å². The van der Waals surface area contributed by atoms with Crippen molar-refractivity contribution in [3.63, 3.8) is 0 Å². The number of hydrogen-bond acceptors (Lipinski definition) is 4. The summed E-state index contributed by atoms with van der Waals surface area (Å²) in [6, 6.07) is 10.0. The number of nitrogens with zero attached hydrogens (tertiary/aromatic N) is 3. The molecule has 0 unspecified atom stereocenters. The lowest BCUT2D eigenvalue weighted by molar-refractivity contribution is 0.0922. The summed E-state index contributed by atoms with van der Waals surface area (Å²) in [4.78, 5) is 23.9. The van der Waals surface area contributed by atoms with Crippen LogP contribution in [0.5, 0.6) is 0 Å². The van der Waals surface area contributed by atoms with Crippen molar-refractivity contribution in [2.24, 2.45) is 4.99 Å². The number of likely N-dealkylation sites (tertiary alicyclic amines) is 1. The molecule has 2 aliphatic heterocycles. The molecule has 1 fully saturated rings. The molecule has 0 aliphatic carbocycles. The number of amides is 1. The molecule has 6 heteroatoms. The molecule has 3 heterocycles. The maximum absolute atomic E-state index is 12.8. The van der Waals surface area contributed by atoms with Crippen LogP contribution in [0.2, 0.25) is 0 Å². The van der Waals surface area contributed by atoms with Crippen molar-refractivity contribution in [2.75, 3.05) is 19.6 Å². The van der Waals surface area contributed by atoms with E-state index in [1.54, 1.807) is 19.2 Å². The van der Waals surface area contributed by atoms with Gasteiger partial charge in [0.2, 0.25) is 0 Å². The monoisotopic (exact) mass is 530 g/mol. The SMILES string of the molecule is C/C=C\CC.C=C(F)/C=C\C.Cc1ccc(C(=O)NC2CCN(C3=NCCC=C3)CC2)cc1-c1cccnc1. The number of piperidine rings is 1. The van der Waals surface area contributed by atoms with E-state index in [1.165, 1.54) is 6.08 Å². The van der Waals surface area contributed by atoms with Crippen molar-refractivity contribution in [3.8, 4) is 11.1 Å². The van der Waals surface area contributed by atoms with E-state index in [2.05, 4.69) is 64.9 Å². The van der Waals surface area contributed by atoms with E-state index in [0.29, 0.717) is 5.56 Å². The van der Waals surface area contributed by atoms with Gasteiger partial charge in [0.15, 0.2) is 0 Å². The van der Waals surface area contributed by atoms with E-state index in [0.717, 1.165) is 67.8 Å². The van der Waals surface area contributed by atoms with Gasteiger partial charge < -0.3 is 10.2 Å². The number of carbonyl (C=O) groups is 1. The van der Waals surface area contributed by atoms with Gasteiger partial charge in [-0.25, -0.2) is 4.39 Å². The van der Waals surface area contributed by atoms with Crippen molar-refractivity contribution in [1.82, 2.24) is 15.2 Å². The molecule has 0 saturated carbocycles. The zero-order valence-corrected chi connectivity index (χ0v) is 23.9. The quantitative estimate of drug-likeness (QED) is 0.319. The highest BCUT2D eigenvalue weighted by Gasteiger charge is 2.23. The van der Waals surface area contributed by atoms with Crippen LogP contribution in [-0.4, -0.2) is 47.3 Å². The molecule has 1 amide bonds. The average Bonchev–Trinajstić information content (AvgIpc) is 2.96. The zero-order valence-electron chi connectivity index (χ0n) is 23.9. The van der Waals surface area contributed by atoms with E-state index in [-0.39, 0.29) is 11.9 Å². The summed E-state index contributed by atoms with van der Waals surface area (Å²) in [7, 11) is 0. The van der Waals surface area contributed by atoms with Crippen molar-refractivity contribution in [1.29, 1.82) is 0 Å². The fourth-order valence-corrected chi connectivity index (χ4v) is 4.24. The van der Waals surface area contributed by atoms with Crippen LogP contribution >= 0.6 is 0 Å². The molecule has 0 atom stereocenters. The number of halogens is 1. The van der Waals surface area contributed by atoms with Crippen molar-refractivity contribution in [3.05, 3.63) is 103 Å². The third-order valence-corrected chi connectivity index (χ3v) is 6.28. The lowest BCUT2D eigenvalue weighted by atomic mass is 9.98. The number of aryl methyl sites for hydroxylation is 1. The Morgan fingerprint density at radius 2 is 1.97 bits per heavy atom. The molecule has 5 nitrogen and oxygen atoms in total. The van der Waals surface area contributed by atoms with Gasteiger partial charge in [0.1, 0.15) is 11.7 Å². The molecule has 0 bridgehead atoms. The molecule has 2 aliphatic rings. The van der Waals surface area contributed by atoms with E-state index in [1.807, 2.05) is 43.5 Å². The van der Waals surface area contributed by atoms with E-state index < -0.39 is 5.83 Å². The summed E-state index contributed by atoms with van der Waals surface area (Å²) in [6.07, 6.45) is 19.1. The fraction of sp³-hybridized carbons (Fsp3) is 0.364. The lowest BCUT2D eigenvalue weighted by Crippen LogP contribution is -2.46. The van der Waals surface area contributed by atoms with Crippen LogP contribution in [0.1, 0.15) is 62.4 Å². The molecule has 39 heavy (non-hydrogen) atoms. The smallest absolute Gasteiger partial charge is 0.251 e. The number of hydrogen-bond donors (Lipinski definition) is 1. The van der Waals surface area contributed by atoms with Crippen LogP contribution in [0, 0.1) is 6.92 Å². The summed E-state index contributed by atoms with van der Waals surface area (Å²) in [5, 5.41) is 3.22. The van der Waals surface area contributed by atoms with Crippen LogP contribution in [0.15, 0.2) is 96.6 Å². The summed E-state index contributed by atoms with van der Waals surface area (Å²) in [5.41, 5.74) is 3.92. The standard InChI is InChI=1S/C23H26N4O.C5H7F.C5H10/c1-17-7-8-18(15-21(17)19-5-4-11-24-16-19)23(28)26-20-9-13-27(14-10-20)22-6-2-3-12-25-22;1-3-4-5(2)6;1-3-5-4-2/h2,4-8,11,15-16,20H,3,9-10,12-14H2,1H3,(H,26,28);3-4H,2H2,1H3;3,5H,4H2,1-2H3/b;4-3-;5-3-. The first-order valence-electron chi connectivity index (χ1n) is 13.8. The normalized spacial score (nSPS) is 15.2. The maximum atomic E-state index is 12.8. The number of pyridine rings is 1. The summed E-state index contributed by atoms with van der Waals surface area (Å²) >= 11 is 0. The molecule has 2 aromatic rings. The highest BCUT2D eigenvalue weighted by Crippen LogP contribution is 2.24. The topological polar surface area (TPSA) is 57.6 Å². The van der Waals surface area contributed by atoms with Gasteiger partial charge in [0, 0.05) is 49.2 Å². The first-order valence-corrected chi connectivity index (χ1v) is 13.8. The summed E-state index contributed by atoms with van der Waals surface area (Å²) < 4.78 is 11.4. The molecular weight excluding hydrogens is 487 g/mol. The molecule has 0 spiro atoms. The molecule has 4 rings (SSSR count). The summed E-state index contributed by atoms with van der Waals surface area (Å²) in [5.74, 6) is 0.701. The fourth-order valence-electron chi connectivity index (χ4n) is 4.24. The molecule has 208 valence electrons. The van der Waals surface area contributed by atoms with Crippen LogP contribution in [-0.2, 0) is 0 Å².